The SMILES string of the molecule is CCC(Sc1nnc2cc(C)c3cccc(C)c3n12)C(=O)Nc1sc2c(c1C(N)=O)CCCC2. The fourth-order valence-corrected chi connectivity index (χ4v) is 7.03. The van der Waals surface area contributed by atoms with Gasteiger partial charge in [-0.05, 0) is 68.7 Å². The van der Waals surface area contributed by atoms with Gasteiger partial charge in [0.25, 0.3) is 5.91 Å². The summed E-state index contributed by atoms with van der Waals surface area (Å²) < 4.78 is 2.04. The Labute approximate surface area is 206 Å². The summed E-state index contributed by atoms with van der Waals surface area (Å²) in [6, 6.07) is 8.24. The fraction of sp³-hybridized carbons (Fsp3) is 0.360. The highest BCUT2D eigenvalue weighted by atomic mass is 32.2. The zero-order valence-corrected chi connectivity index (χ0v) is 21.1. The van der Waals surface area contributed by atoms with Crippen molar-refractivity contribution in [1.29, 1.82) is 0 Å². The molecule has 1 atom stereocenters. The standard InChI is InChI=1S/C25H27N5O2S2/c1-4-17(23(32)27-24-20(22(26)31)16-9-5-6-11-18(16)33-24)34-25-29-28-19-12-14(3)15-10-7-8-13(2)21(15)30(19)25/h7-8,10,12,17H,4-6,9,11H2,1-3H3,(H2,26,31)(H,27,32). The van der Waals surface area contributed by atoms with Gasteiger partial charge in [-0.15, -0.1) is 21.5 Å². The van der Waals surface area contributed by atoms with Crippen molar-refractivity contribution in [3.05, 3.63) is 51.4 Å². The van der Waals surface area contributed by atoms with Gasteiger partial charge in [-0.1, -0.05) is 36.9 Å². The maximum absolute atomic E-state index is 13.3. The zero-order chi connectivity index (χ0) is 24.0. The van der Waals surface area contributed by atoms with Gasteiger partial charge >= 0.3 is 0 Å². The van der Waals surface area contributed by atoms with Crippen molar-refractivity contribution in [1.82, 2.24) is 14.6 Å². The molecule has 0 bridgehead atoms. The van der Waals surface area contributed by atoms with Crippen LogP contribution in [0, 0.1) is 13.8 Å². The van der Waals surface area contributed by atoms with Crippen LogP contribution in [0.25, 0.3) is 16.6 Å². The number of fused-ring (bicyclic) bond motifs is 4. The molecule has 0 spiro atoms. The lowest BCUT2D eigenvalue weighted by molar-refractivity contribution is -0.115. The van der Waals surface area contributed by atoms with E-state index in [4.69, 9.17) is 5.73 Å². The number of hydrogen-bond acceptors (Lipinski definition) is 6. The van der Waals surface area contributed by atoms with Crippen molar-refractivity contribution in [2.75, 3.05) is 5.32 Å². The van der Waals surface area contributed by atoms with Crippen molar-refractivity contribution in [2.24, 2.45) is 5.73 Å². The van der Waals surface area contributed by atoms with Gasteiger partial charge in [0.05, 0.1) is 16.3 Å². The number of amides is 2. The number of thioether (sulfide) groups is 1. The second-order valence-electron chi connectivity index (χ2n) is 8.76. The van der Waals surface area contributed by atoms with E-state index in [-0.39, 0.29) is 5.91 Å². The molecule has 4 aromatic rings. The Kier molecular flexibility index (Phi) is 6.07. The Bertz CT molecular complexity index is 1440. The van der Waals surface area contributed by atoms with Crippen LogP contribution in [-0.4, -0.2) is 31.7 Å². The number of rotatable bonds is 6. The Morgan fingerprint density at radius 3 is 2.76 bits per heavy atom. The number of primary amides is 1. The number of nitrogens with zero attached hydrogens (tertiary/aromatic N) is 3. The molecule has 1 unspecified atom stereocenters. The smallest absolute Gasteiger partial charge is 0.251 e. The fourth-order valence-electron chi connectivity index (χ4n) is 4.76. The molecule has 1 aliphatic carbocycles. The number of carbonyl (C=O) groups is 2. The van der Waals surface area contributed by atoms with Crippen LogP contribution >= 0.6 is 23.1 Å². The molecular formula is C25H27N5O2S2. The normalized spacial score (nSPS) is 14.3. The molecule has 0 aliphatic heterocycles. The van der Waals surface area contributed by atoms with Crippen LogP contribution in [0.5, 0.6) is 0 Å². The molecule has 3 aromatic heterocycles. The first-order valence-corrected chi connectivity index (χ1v) is 13.2. The van der Waals surface area contributed by atoms with Crippen LogP contribution in [-0.2, 0) is 17.6 Å². The van der Waals surface area contributed by atoms with Gasteiger partial charge in [-0.2, -0.15) is 0 Å². The van der Waals surface area contributed by atoms with Gasteiger partial charge in [0.1, 0.15) is 5.00 Å². The topological polar surface area (TPSA) is 102 Å². The number of anilines is 1. The zero-order valence-electron chi connectivity index (χ0n) is 19.5. The Morgan fingerprint density at radius 2 is 2.00 bits per heavy atom. The van der Waals surface area contributed by atoms with E-state index < -0.39 is 11.2 Å². The number of aryl methyl sites for hydroxylation is 3. The van der Waals surface area contributed by atoms with E-state index in [0.717, 1.165) is 63.8 Å². The predicted molar refractivity (Wildman–Crippen MR) is 138 cm³/mol. The number of nitrogens with one attached hydrogen (secondary N) is 1. The molecule has 9 heteroatoms. The molecule has 0 saturated carbocycles. The van der Waals surface area contributed by atoms with E-state index in [9.17, 15) is 9.59 Å². The third-order valence-electron chi connectivity index (χ3n) is 6.46. The number of benzene rings is 1. The van der Waals surface area contributed by atoms with E-state index in [1.165, 1.54) is 23.1 Å². The minimum atomic E-state index is -0.476. The van der Waals surface area contributed by atoms with E-state index >= 15 is 0 Å². The van der Waals surface area contributed by atoms with Crippen molar-refractivity contribution in [3.63, 3.8) is 0 Å². The second kappa shape index (κ2) is 9.03. The van der Waals surface area contributed by atoms with Crippen molar-refractivity contribution in [3.8, 4) is 0 Å². The number of hydrogen-bond donors (Lipinski definition) is 2. The minimum absolute atomic E-state index is 0.154. The third kappa shape index (κ3) is 3.86. The molecule has 0 saturated heterocycles. The number of para-hydroxylation sites is 1. The average molecular weight is 494 g/mol. The summed E-state index contributed by atoms with van der Waals surface area (Å²) >= 11 is 2.88. The summed E-state index contributed by atoms with van der Waals surface area (Å²) in [7, 11) is 0. The first-order chi connectivity index (χ1) is 16.4. The molecule has 0 fully saturated rings. The second-order valence-corrected chi connectivity index (χ2v) is 11.0. The van der Waals surface area contributed by atoms with Crippen LogP contribution in [0.4, 0.5) is 5.00 Å². The minimum Gasteiger partial charge on any atom is -0.365 e. The summed E-state index contributed by atoms with van der Waals surface area (Å²) in [5.74, 6) is -0.630. The maximum atomic E-state index is 13.3. The number of aromatic nitrogens is 3. The average Bonchev–Trinajstić information content (AvgIpc) is 3.38. The quantitative estimate of drug-likeness (QED) is 0.366. The van der Waals surface area contributed by atoms with Crippen LogP contribution in [0.3, 0.4) is 0 Å². The summed E-state index contributed by atoms with van der Waals surface area (Å²) in [6.07, 6.45) is 4.51. The molecule has 1 aliphatic rings. The van der Waals surface area contributed by atoms with Crippen molar-refractivity contribution in [2.45, 2.75) is 63.3 Å². The highest BCUT2D eigenvalue weighted by Crippen LogP contribution is 2.39. The van der Waals surface area contributed by atoms with Crippen molar-refractivity contribution < 1.29 is 9.59 Å². The maximum Gasteiger partial charge on any atom is 0.251 e. The Balaban J connectivity index is 1.48. The van der Waals surface area contributed by atoms with Gasteiger partial charge in [-0.3, -0.25) is 14.0 Å². The monoisotopic (exact) mass is 493 g/mol. The van der Waals surface area contributed by atoms with Gasteiger partial charge in [-0.25, -0.2) is 0 Å². The lowest BCUT2D eigenvalue weighted by Gasteiger charge is -2.15. The highest BCUT2D eigenvalue weighted by molar-refractivity contribution is 8.00. The summed E-state index contributed by atoms with van der Waals surface area (Å²) in [4.78, 5) is 26.7. The van der Waals surface area contributed by atoms with Crippen molar-refractivity contribution >= 4 is 56.5 Å². The van der Waals surface area contributed by atoms with E-state index in [0.29, 0.717) is 22.1 Å². The molecule has 2 amide bonds. The lowest BCUT2D eigenvalue weighted by atomic mass is 9.95. The number of thiophene rings is 1. The lowest BCUT2D eigenvalue weighted by Crippen LogP contribution is -2.26. The van der Waals surface area contributed by atoms with Crippen LogP contribution in [0.1, 0.15) is 58.1 Å². The predicted octanol–water partition coefficient (Wildman–Crippen LogP) is 5.05. The van der Waals surface area contributed by atoms with Crippen LogP contribution in [0.2, 0.25) is 0 Å². The Morgan fingerprint density at radius 1 is 1.21 bits per heavy atom. The molecule has 34 heavy (non-hydrogen) atoms. The van der Waals surface area contributed by atoms with Gasteiger partial charge in [0.15, 0.2) is 10.8 Å². The first kappa shape index (κ1) is 22.9. The number of carbonyl (C=O) groups excluding carboxylic acids is 2. The molecule has 1 aromatic carbocycles. The number of pyridine rings is 1. The Hall–Kier alpha value is -2.91. The summed E-state index contributed by atoms with van der Waals surface area (Å²) in [5, 5.41) is 13.8. The molecule has 176 valence electrons. The van der Waals surface area contributed by atoms with Crippen LogP contribution in [0.15, 0.2) is 29.4 Å². The van der Waals surface area contributed by atoms with Gasteiger partial charge in [0.2, 0.25) is 5.91 Å². The molecule has 3 heterocycles. The van der Waals surface area contributed by atoms with Crippen LogP contribution < -0.4 is 11.1 Å². The summed E-state index contributed by atoms with van der Waals surface area (Å²) in [5.41, 5.74) is 11.3. The first-order valence-electron chi connectivity index (χ1n) is 11.5. The molecule has 7 nitrogen and oxygen atoms in total. The van der Waals surface area contributed by atoms with Gasteiger partial charge in [0, 0.05) is 10.3 Å². The third-order valence-corrected chi connectivity index (χ3v) is 8.97. The molecule has 3 N–H and O–H groups in total. The van der Waals surface area contributed by atoms with E-state index in [1.54, 1.807) is 0 Å². The van der Waals surface area contributed by atoms with Gasteiger partial charge < -0.3 is 11.1 Å². The highest BCUT2D eigenvalue weighted by Gasteiger charge is 2.28. The molecule has 5 rings (SSSR count). The number of nitrogens with two attached hydrogens (primary N) is 1. The van der Waals surface area contributed by atoms with E-state index in [2.05, 4.69) is 41.5 Å². The van der Waals surface area contributed by atoms with E-state index in [1.807, 2.05) is 23.5 Å². The largest absolute Gasteiger partial charge is 0.365 e. The summed E-state index contributed by atoms with van der Waals surface area (Å²) in [6.45, 7) is 6.12. The molecule has 0 radical (unpaired) electrons. The molecular weight excluding hydrogens is 466 g/mol.